The number of carbonyl (C=O) groups excluding carboxylic acids is 2. The van der Waals surface area contributed by atoms with Crippen molar-refractivity contribution in [2.24, 2.45) is 0 Å². The molecule has 0 bridgehead atoms. The smallest absolute Gasteiger partial charge is 0.262 e. The lowest BCUT2D eigenvalue weighted by molar-refractivity contribution is -0.123. The summed E-state index contributed by atoms with van der Waals surface area (Å²) in [4.78, 5) is 42.6. The predicted octanol–water partition coefficient (Wildman–Crippen LogP) is 2.36. The maximum atomic E-state index is 12.6. The Morgan fingerprint density at radius 3 is 2.76 bits per heavy atom. The number of fused-ring (bicyclic) bond motifs is 2. The second-order valence-electron chi connectivity index (χ2n) is 6.47. The number of anilines is 2. The summed E-state index contributed by atoms with van der Waals surface area (Å²) in [6.45, 7) is 2.22. The third-order valence-corrected chi connectivity index (χ3v) is 5.84. The molecule has 1 aliphatic rings. The molecule has 1 aromatic heterocycles. The molecule has 29 heavy (non-hydrogen) atoms. The minimum absolute atomic E-state index is 0.0121. The minimum Gasteiger partial charge on any atom is -0.324 e. The lowest BCUT2D eigenvalue weighted by Crippen LogP contribution is -2.38. The molecular weight excluding hydrogens is 390 g/mol. The van der Waals surface area contributed by atoms with E-state index in [9.17, 15) is 14.4 Å². The molecule has 0 saturated carbocycles. The number of hydrazine groups is 1. The van der Waals surface area contributed by atoms with E-state index in [1.54, 1.807) is 24.3 Å². The van der Waals surface area contributed by atoms with Crippen molar-refractivity contribution >= 4 is 46.1 Å². The summed E-state index contributed by atoms with van der Waals surface area (Å²) in [6, 6.07) is 14.5. The number of nitrogens with zero attached hydrogens (tertiary/aromatic N) is 2. The zero-order chi connectivity index (χ0) is 20.4. The van der Waals surface area contributed by atoms with Gasteiger partial charge in [0.25, 0.3) is 5.56 Å². The molecule has 0 aliphatic carbocycles. The highest BCUT2D eigenvalue weighted by Gasteiger charge is 2.28. The monoisotopic (exact) mass is 409 g/mol. The lowest BCUT2D eigenvalue weighted by Gasteiger charge is -2.23. The van der Waals surface area contributed by atoms with Gasteiger partial charge in [0.1, 0.15) is 0 Å². The first kappa shape index (κ1) is 19.0. The average molecular weight is 409 g/mol. The lowest BCUT2D eigenvalue weighted by atomic mass is 10.2. The number of carbonyl (C=O) groups is 2. The molecule has 2 amide bonds. The highest BCUT2D eigenvalue weighted by atomic mass is 32.2. The Labute approximate surface area is 170 Å². The van der Waals surface area contributed by atoms with E-state index in [0.717, 1.165) is 10.6 Å². The Morgan fingerprint density at radius 1 is 1.17 bits per heavy atom. The van der Waals surface area contributed by atoms with E-state index in [2.05, 4.69) is 21.2 Å². The van der Waals surface area contributed by atoms with Crippen molar-refractivity contribution in [1.82, 2.24) is 15.0 Å². The first-order valence-electron chi connectivity index (χ1n) is 9.18. The number of aromatic nitrogens is 2. The molecule has 2 heterocycles. The number of benzene rings is 2. The van der Waals surface area contributed by atoms with Crippen LogP contribution in [0.4, 0.5) is 11.6 Å². The van der Waals surface area contributed by atoms with Crippen molar-refractivity contribution in [3.8, 4) is 0 Å². The van der Waals surface area contributed by atoms with Gasteiger partial charge in [0, 0.05) is 17.9 Å². The molecule has 0 unspecified atom stereocenters. The zero-order valence-electron chi connectivity index (χ0n) is 15.6. The largest absolute Gasteiger partial charge is 0.324 e. The van der Waals surface area contributed by atoms with Crippen molar-refractivity contribution < 1.29 is 9.59 Å². The third-order valence-electron chi connectivity index (χ3n) is 4.57. The number of hydrogen-bond donors (Lipinski definition) is 3. The predicted molar refractivity (Wildman–Crippen MR) is 113 cm³/mol. The maximum absolute atomic E-state index is 12.6. The van der Waals surface area contributed by atoms with Crippen LogP contribution >= 0.6 is 11.8 Å². The van der Waals surface area contributed by atoms with Crippen LogP contribution < -0.4 is 21.7 Å². The summed E-state index contributed by atoms with van der Waals surface area (Å²) in [6.07, 6.45) is -0.0121. The quantitative estimate of drug-likeness (QED) is 0.559. The Balaban J connectivity index is 1.46. The highest BCUT2D eigenvalue weighted by Crippen LogP contribution is 2.36. The molecule has 0 saturated heterocycles. The SMILES string of the molecule is CCn1c(NNC(=O)C[C@H]2Sc3ccccc3NC2=O)nc2ccccc2c1=O. The standard InChI is InChI=1S/C20H19N5O3S/c1-2-25-19(28)12-7-3-4-8-13(12)22-20(25)24-23-17(26)11-16-18(27)21-14-9-5-6-10-15(14)29-16/h3-10,16H,2,11H2,1H3,(H,21,27)(H,22,24)(H,23,26)/t16-/m1/s1. The van der Waals surface area contributed by atoms with Crippen molar-refractivity contribution in [3.63, 3.8) is 0 Å². The molecule has 4 rings (SSSR count). The van der Waals surface area contributed by atoms with Gasteiger partial charge in [-0.25, -0.2) is 4.98 Å². The average Bonchev–Trinajstić information content (AvgIpc) is 2.73. The molecular formula is C20H19N5O3S. The fourth-order valence-corrected chi connectivity index (χ4v) is 4.24. The molecule has 9 heteroatoms. The maximum Gasteiger partial charge on any atom is 0.262 e. The van der Waals surface area contributed by atoms with Gasteiger partial charge < -0.3 is 5.32 Å². The molecule has 8 nitrogen and oxygen atoms in total. The molecule has 0 radical (unpaired) electrons. The number of nitrogens with one attached hydrogen (secondary N) is 3. The van der Waals surface area contributed by atoms with Crippen LogP contribution in [0.3, 0.4) is 0 Å². The van der Waals surface area contributed by atoms with E-state index < -0.39 is 5.25 Å². The number of hydrogen-bond acceptors (Lipinski definition) is 6. The number of para-hydroxylation sites is 2. The van der Waals surface area contributed by atoms with Crippen molar-refractivity contribution in [2.45, 2.75) is 30.0 Å². The van der Waals surface area contributed by atoms with Gasteiger partial charge in [-0.05, 0) is 31.2 Å². The normalized spacial score (nSPS) is 15.5. The summed E-state index contributed by atoms with van der Waals surface area (Å²) < 4.78 is 1.45. The van der Waals surface area contributed by atoms with Crippen molar-refractivity contribution in [2.75, 3.05) is 10.7 Å². The Kier molecular flexibility index (Phi) is 5.22. The van der Waals surface area contributed by atoms with Crippen LogP contribution in [0.2, 0.25) is 0 Å². The van der Waals surface area contributed by atoms with Gasteiger partial charge in [-0.3, -0.25) is 29.8 Å². The van der Waals surface area contributed by atoms with E-state index in [1.165, 1.54) is 16.3 Å². The van der Waals surface area contributed by atoms with Gasteiger partial charge in [0.05, 0.1) is 21.8 Å². The molecule has 1 atom stereocenters. The van der Waals surface area contributed by atoms with Crippen molar-refractivity contribution in [1.29, 1.82) is 0 Å². The molecule has 148 valence electrons. The van der Waals surface area contributed by atoms with E-state index in [4.69, 9.17) is 0 Å². The van der Waals surface area contributed by atoms with Crippen LogP contribution in [-0.4, -0.2) is 26.6 Å². The Bertz CT molecular complexity index is 1160. The van der Waals surface area contributed by atoms with Gasteiger partial charge >= 0.3 is 0 Å². The summed E-state index contributed by atoms with van der Waals surface area (Å²) in [5, 5.41) is 2.79. The van der Waals surface area contributed by atoms with Crippen LogP contribution in [0, 0.1) is 0 Å². The first-order valence-corrected chi connectivity index (χ1v) is 10.1. The van der Waals surface area contributed by atoms with Crippen LogP contribution in [-0.2, 0) is 16.1 Å². The molecule has 0 fully saturated rings. The Hall–Kier alpha value is -3.33. The summed E-state index contributed by atoms with van der Waals surface area (Å²) in [7, 11) is 0. The topological polar surface area (TPSA) is 105 Å². The van der Waals surface area contributed by atoms with Gasteiger partial charge in [0.15, 0.2) is 0 Å². The molecule has 1 aliphatic heterocycles. The van der Waals surface area contributed by atoms with Crippen LogP contribution in [0.1, 0.15) is 13.3 Å². The zero-order valence-corrected chi connectivity index (χ0v) is 16.5. The third kappa shape index (κ3) is 3.81. The van der Waals surface area contributed by atoms with Crippen LogP contribution in [0.25, 0.3) is 10.9 Å². The van der Waals surface area contributed by atoms with Gasteiger partial charge in [-0.2, -0.15) is 0 Å². The second kappa shape index (κ2) is 7.96. The molecule has 2 aromatic carbocycles. The molecule has 3 N–H and O–H groups in total. The van der Waals surface area contributed by atoms with Gasteiger partial charge in [-0.1, -0.05) is 24.3 Å². The Morgan fingerprint density at radius 2 is 1.93 bits per heavy atom. The van der Waals surface area contributed by atoms with E-state index >= 15 is 0 Å². The second-order valence-corrected chi connectivity index (χ2v) is 7.72. The number of amides is 2. The summed E-state index contributed by atoms with van der Waals surface area (Å²) >= 11 is 1.36. The fourth-order valence-electron chi connectivity index (χ4n) is 3.13. The van der Waals surface area contributed by atoms with E-state index in [0.29, 0.717) is 17.4 Å². The van der Waals surface area contributed by atoms with Crippen molar-refractivity contribution in [3.05, 3.63) is 58.9 Å². The summed E-state index contributed by atoms with van der Waals surface area (Å²) in [5.74, 6) is -0.337. The molecule has 0 spiro atoms. The first-order chi connectivity index (χ1) is 14.1. The number of rotatable bonds is 5. The van der Waals surface area contributed by atoms with Gasteiger partial charge in [-0.15, -0.1) is 11.8 Å². The summed E-state index contributed by atoms with van der Waals surface area (Å²) in [5.41, 5.74) is 6.39. The molecule has 3 aromatic rings. The minimum atomic E-state index is -0.537. The highest BCUT2D eigenvalue weighted by molar-refractivity contribution is 8.01. The fraction of sp³-hybridized carbons (Fsp3) is 0.200. The van der Waals surface area contributed by atoms with E-state index in [1.807, 2.05) is 31.2 Å². The number of thioether (sulfide) groups is 1. The van der Waals surface area contributed by atoms with Crippen LogP contribution in [0.15, 0.2) is 58.2 Å². The van der Waals surface area contributed by atoms with Gasteiger partial charge in [0.2, 0.25) is 17.8 Å². The van der Waals surface area contributed by atoms with Crippen LogP contribution in [0.5, 0.6) is 0 Å². The van der Waals surface area contributed by atoms with E-state index in [-0.39, 0.29) is 29.7 Å².